The van der Waals surface area contributed by atoms with Crippen molar-refractivity contribution in [2.45, 2.75) is 13.0 Å². The van der Waals surface area contributed by atoms with E-state index in [0.29, 0.717) is 29.4 Å². The standard InChI is InChI=1S/C17H20O4/c1-3-20-16-10-6-7-11-17(16)21-12-14(18)13-8-4-5-9-15(13)19-2/h4-11,14,18H,3,12H2,1-2H3. The highest BCUT2D eigenvalue weighted by atomic mass is 16.5. The van der Waals surface area contributed by atoms with Gasteiger partial charge in [-0.1, -0.05) is 30.3 Å². The molecule has 0 radical (unpaired) electrons. The van der Waals surface area contributed by atoms with Gasteiger partial charge in [0.15, 0.2) is 11.5 Å². The Kier molecular flexibility index (Phi) is 5.46. The molecule has 0 aliphatic heterocycles. The molecule has 0 aromatic heterocycles. The molecule has 0 spiro atoms. The summed E-state index contributed by atoms with van der Waals surface area (Å²) in [6.45, 7) is 2.61. The number of aliphatic hydroxyl groups is 1. The quantitative estimate of drug-likeness (QED) is 0.850. The maximum absolute atomic E-state index is 10.3. The van der Waals surface area contributed by atoms with Gasteiger partial charge in [-0.15, -0.1) is 0 Å². The second kappa shape index (κ2) is 7.55. The Morgan fingerprint density at radius 3 is 2.10 bits per heavy atom. The molecule has 2 aromatic carbocycles. The molecule has 0 fully saturated rings. The molecule has 0 amide bonds. The lowest BCUT2D eigenvalue weighted by molar-refractivity contribution is 0.103. The van der Waals surface area contributed by atoms with E-state index in [1.165, 1.54) is 0 Å². The summed E-state index contributed by atoms with van der Waals surface area (Å²) in [4.78, 5) is 0. The van der Waals surface area contributed by atoms with Crippen molar-refractivity contribution in [2.24, 2.45) is 0 Å². The zero-order chi connectivity index (χ0) is 15.1. The Hall–Kier alpha value is -2.20. The average molecular weight is 288 g/mol. The van der Waals surface area contributed by atoms with E-state index in [0.717, 1.165) is 0 Å². The first-order valence-corrected chi connectivity index (χ1v) is 6.91. The maximum atomic E-state index is 10.3. The summed E-state index contributed by atoms with van der Waals surface area (Å²) in [6, 6.07) is 14.8. The average Bonchev–Trinajstić information content (AvgIpc) is 2.54. The molecule has 21 heavy (non-hydrogen) atoms. The number of methoxy groups -OCH3 is 1. The predicted octanol–water partition coefficient (Wildman–Crippen LogP) is 3.21. The Balaban J connectivity index is 2.06. The number of benzene rings is 2. The number of ether oxygens (including phenoxy) is 3. The third-order valence-electron chi connectivity index (χ3n) is 3.04. The minimum absolute atomic E-state index is 0.129. The summed E-state index contributed by atoms with van der Waals surface area (Å²) < 4.78 is 16.4. The molecule has 2 rings (SSSR count). The van der Waals surface area contributed by atoms with Gasteiger partial charge in [-0.25, -0.2) is 0 Å². The van der Waals surface area contributed by atoms with E-state index in [1.54, 1.807) is 7.11 Å². The van der Waals surface area contributed by atoms with Crippen LogP contribution >= 0.6 is 0 Å². The summed E-state index contributed by atoms with van der Waals surface area (Å²) >= 11 is 0. The van der Waals surface area contributed by atoms with Gasteiger partial charge in [0.25, 0.3) is 0 Å². The van der Waals surface area contributed by atoms with Crippen LogP contribution in [0.3, 0.4) is 0 Å². The summed E-state index contributed by atoms with van der Waals surface area (Å²) in [5.74, 6) is 1.94. The van der Waals surface area contributed by atoms with E-state index >= 15 is 0 Å². The monoisotopic (exact) mass is 288 g/mol. The predicted molar refractivity (Wildman–Crippen MR) is 81.1 cm³/mol. The Morgan fingerprint density at radius 1 is 0.905 bits per heavy atom. The van der Waals surface area contributed by atoms with Crippen molar-refractivity contribution in [1.29, 1.82) is 0 Å². The van der Waals surface area contributed by atoms with E-state index in [4.69, 9.17) is 14.2 Å². The van der Waals surface area contributed by atoms with Crippen molar-refractivity contribution < 1.29 is 19.3 Å². The topological polar surface area (TPSA) is 47.9 Å². The minimum Gasteiger partial charge on any atom is -0.496 e. The van der Waals surface area contributed by atoms with Crippen LogP contribution in [-0.2, 0) is 0 Å². The first kappa shape index (κ1) is 15.2. The van der Waals surface area contributed by atoms with Crippen LogP contribution in [0.2, 0.25) is 0 Å². The van der Waals surface area contributed by atoms with Crippen LogP contribution in [0.15, 0.2) is 48.5 Å². The third kappa shape index (κ3) is 3.89. The fraction of sp³-hybridized carbons (Fsp3) is 0.294. The van der Waals surface area contributed by atoms with Gasteiger partial charge in [-0.05, 0) is 25.1 Å². The molecule has 0 bridgehead atoms. The van der Waals surface area contributed by atoms with Gasteiger partial charge in [-0.2, -0.15) is 0 Å². The van der Waals surface area contributed by atoms with Crippen molar-refractivity contribution in [3.05, 3.63) is 54.1 Å². The molecular formula is C17H20O4. The highest BCUT2D eigenvalue weighted by molar-refractivity contribution is 5.40. The lowest BCUT2D eigenvalue weighted by Crippen LogP contribution is -2.11. The van der Waals surface area contributed by atoms with Crippen molar-refractivity contribution in [1.82, 2.24) is 0 Å². The highest BCUT2D eigenvalue weighted by Crippen LogP contribution is 2.29. The molecule has 0 aliphatic rings. The van der Waals surface area contributed by atoms with E-state index in [9.17, 15) is 5.11 Å². The molecule has 1 N–H and O–H groups in total. The van der Waals surface area contributed by atoms with Crippen LogP contribution in [0, 0.1) is 0 Å². The van der Waals surface area contributed by atoms with Crippen LogP contribution in [0.1, 0.15) is 18.6 Å². The highest BCUT2D eigenvalue weighted by Gasteiger charge is 2.14. The van der Waals surface area contributed by atoms with Crippen molar-refractivity contribution >= 4 is 0 Å². The Bertz CT molecular complexity index is 568. The zero-order valence-electron chi connectivity index (χ0n) is 12.3. The van der Waals surface area contributed by atoms with Gasteiger partial charge < -0.3 is 19.3 Å². The lowest BCUT2D eigenvalue weighted by Gasteiger charge is -2.17. The van der Waals surface area contributed by atoms with Gasteiger partial charge >= 0.3 is 0 Å². The van der Waals surface area contributed by atoms with Gasteiger partial charge in [0.2, 0.25) is 0 Å². The number of para-hydroxylation sites is 3. The molecule has 0 aliphatic carbocycles. The fourth-order valence-electron chi connectivity index (χ4n) is 2.04. The molecule has 4 nitrogen and oxygen atoms in total. The molecule has 1 unspecified atom stereocenters. The largest absolute Gasteiger partial charge is 0.496 e. The first-order valence-electron chi connectivity index (χ1n) is 6.91. The number of hydrogen-bond acceptors (Lipinski definition) is 4. The van der Waals surface area contributed by atoms with Crippen LogP contribution in [0.25, 0.3) is 0 Å². The van der Waals surface area contributed by atoms with Crippen molar-refractivity contribution in [3.8, 4) is 17.2 Å². The number of aliphatic hydroxyl groups excluding tert-OH is 1. The molecule has 0 saturated carbocycles. The molecule has 0 saturated heterocycles. The van der Waals surface area contributed by atoms with E-state index < -0.39 is 6.10 Å². The molecule has 0 heterocycles. The van der Waals surface area contributed by atoms with Gasteiger partial charge in [0.1, 0.15) is 18.5 Å². The SMILES string of the molecule is CCOc1ccccc1OCC(O)c1ccccc1OC. The lowest BCUT2D eigenvalue weighted by atomic mass is 10.1. The summed E-state index contributed by atoms with van der Waals surface area (Å²) in [7, 11) is 1.58. The second-order valence-electron chi connectivity index (χ2n) is 4.45. The van der Waals surface area contributed by atoms with Crippen LogP contribution in [0.4, 0.5) is 0 Å². The Morgan fingerprint density at radius 2 is 1.48 bits per heavy atom. The molecule has 112 valence electrons. The Labute approximate surface area is 124 Å². The molecule has 2 aromatic rings. The summed E-state index contributed by atoms with van der Waals surface area (Å²) in [6.07, 6.45) is -0.768. The van der Waals surface area contributed by atoms with E-state index in [2.05, 4.69) is 0 Å². The maximum Gasteiger partial charge on any atom is 0.161 e. The van der Waals surface area contributed by atoms with Gasteiger partial charge in [0.05, 0.1) is 13.7 Å². The molecular weight excluding hydrogens is 268 g/mol. The number of rotatable bonds is 7. The third-order valence-corrected chi connectivity index (χ3v) is 3.04. The van der Waals surface area contributed by atoms with Crippen LogP contribution in [0.5, 0.6) is 17.2 Å². The minimum atomic E-state index is -0.768. The van der Waals surface area contributed by atoms with E-state index in [1.807, 2.05) is 55.5 Å². The summed E-state index contributed by atoms with van der Waals surface area (Å²) in [5, 5.41) is 10.3. The van der Waals surface area contributed by atoms with Crippen molar-refractivity contribution in [2.75, 3.05) is 20.3 Å². The normalized spacial score (nSPS) is 11.8. The smallest absolute Gasteiger partial charge is 0.161 e. The van der Waals surface area contributed by atoms with Gasteiger partial charge in [-0.3, -0.25) is 0 Å². The van der Waals surface area contributed by atoms with Crippen LogP contribution in [-0.4, -0.2) is 25.4 Å². The summed E-state index contributed by atoms with van der Waals surface area (Å²) in [5.41, 5.74) is 0.703. The van der Waals surface area contributed by atoms with Crippen LogP contribution < -0.4 is 14.2 Å². The fourth-order valence-corrected chi connectivity index (χ4v) is 2.04. The zero-order valence-corrected chi connectivity index (χ0v) is 12.3. The molecule has 1 atom stereocenters. The first-order chi connectivity index (χ1) is 10.3. The number of hydrogen-bond donors (Lipinski definition) is 1. The van der Waals surface area contributed by atoms with E-state index in [-0.39, 0.29) is 6.61 Å². The second-order valence-corrected chi connectivity index (χ2v) is 4.45. The van der Waals surface area contributed by atoms with Gasteiger partial charge in [0, 0.05) is 5.56 Å². The molecule has 4 heteroatoms. The van der Waals surface area contributed by atoms with Crippen molar-refractivity contribution in [3.63, 3.8) is 0 Å².